The molecule has 2 rings (SSSR count). The number of ether oxygens (including phenoxy) is 1. The van der Waals surface area contributed by atoms with Crippen molar-refractivity contribution in [3.63, 3.8) is 0 Å². The minimum absolute atomic E-state index is 0.0215. The van der Waals surface area contributed by atoms with Crippen LogP contribution in [0, 0.1) is 0 Å². The van der Waals surface area contributed by atoms with Gasteiger partial charge in [0.2, 0.25) is 0 Å². The fourth-order valence-corrected chi connectivity index (χ4v) is 1.25. The molecule has 7 heteroatoms. The monoisotopic (exact) mass is 226 g/mol. The Balaban J connectivity index is 2.47. The fraction of sp³-hybridized carbons (Fsp3) is 0.250. The third kappa shape index (κ3) is 1.75. The molecule has 0 spiro atoms. The predicted octanol–water partition coefficient (Wildman–Crippen LogP) is 0.954. The summed E-state index contributed by atoms with van der Waals surface area (Å²) in [7, 11) is 0. The van der Waals surface area contributed by atoms with E-state index in [4.69, 9.17) is 16.3 Å². The predicted molar refractivity (Wildman–Crippen MR) is 51.7 cm³/mol. The summed E-state index contributed by atoms with van der Waals surface area (Å²) >= 11 is 5.77. The standard InChI is InChI=1S/C8H7ClN4O2/c1-2-15-8(14)6-11-7-5(9)10-3-4-13(7)12-6/h3-4H,2H2,1H3. The zero-order chi connectivity index (χ0) is 10.8. The SMILES string of the molecule is CCOC(=O)c1nc2c(Cl)nccn2n1. The smallest absolute Gasteiger partial charge is 0.378 e. The van der Waals surface area contributed by atoms with E-state index < -0.39 is 5.97 Å². The van der Waals surface area contributed by atoms with E-state index in [1.165, 1.54) is 10.7 Å². The number of esters is 1. The van der Waals surface area contributed by atoms with Crippen LogP contribution in [-0.2, 0) is 4.74 Å². The Bertz CT molecular complexity index is 510. The number of carbonyl (C=O) groups excluding carboxylic acids is 1. The third-order valence-corrected chi connectivity index (χ3v) is 1.94. The molecule has 0 aliphatic rings. The Morgan fingerprint density at radius 2 is 2.47 bits per heavy atom. The lowest BCUT2D eigenvalue weighted by molar-refractivity contribution is 0.0512. The van der Waals surface area contributed by atoms with Crippen molar-refractivity contribution in [1.82, 2.24) is 19.6 Å². The van der Waals surface area contributed by atoms with Crippen LogP contribution in [0.3, 0.4) is 0 Å². The first-order valence-electron chi connectivity index (χ1n) is 4.26. The Kier molecular flexibility index (Phi) is 2.51. The molecule has 0 N–H and O–H groups in total. The van der Waals surface area contributed by atoms with Gasteiger partial charge in [-0.25, -0.2) is 14.3 Å². The second kappa shape index (κ2) is 3.82. The molecular formula is C8H7ClN4O2. The number of rotatable bonds is 2. The van der Waals surface area contributed by atoms with E-state index >= 15 is 0 Å². The van der Waals surface area contributed by atoms with E-state index in [9.17, 15) is 4.79 Å². The van der Waals surface area contributed by atoms with Crippen molar-refractivity contribution in [2.45, 2.75) is 6.92 Å². The van der Waals surface area contributed by atoms with Gasteiger partial charge >= 0.3 is 5.97 Å². The summed E-state index contributed by atoms with van der Waals surface area (Å²) in [6.45, 7) is 1.99. The molecule has 78 valence electrons. The molecule has 0 saturated heterocycles. The van der Waals surface area contributed by atoms with Gasteiger partial charge in [0, 0.05) is 12.4 Å². The van der Waals surface area contributed by atoms with Crippen LogP contribution in [0.4, 0.5) is 0 Å². The third-order valence-electron chi connectivity index (χ3n) is 1.67. The second-order valence-electron chi connectivity index (χ2n) is 2.64. The summed E-state index contributed by atoms with van der Waals surface area (Å²) in [5, 5.41) is 4.09. The maximum atomic E-state index is 11.3. The van der Waals surface area contributed by atoms with Crippen LogP contribution in [0.5, 0.6) is 0 Å². The molecule has 2 aromatic heterocycles. The Labute approximate surface area is 89.9 Å². The zero-order valence-electron chi connectivity index (χ0n) is 7.85. The average molecular weight is 227 g/mol. The van der Waals surface area contributed by atoms with Crippen LogP contribution in [-0.4, -0.2) is 32.2 Å². The molecule has 0 aliphatic heterocycles. The van der Waals surface area contributed by atoms with E-state index in [0.717, 1.165) is 0 Å². The maximum Gasteiger partial charge on any atom is 0.378 e. The lowest BCUT2D eigenvalue weighted by atomic mass is 10.6. The summed E-state index contributed by atoms with van der Waals surface area (Å²) in [4.78, 5) is 19.0. The molecule has 2 aromatic rings. The molecule has 0 aliphatic carbocycles. The second-order valence-corrected chi connectivity index (χ2v) is 3.00. The maximum absolute atomic E-state index is 11.3. The van der Waals surface area contributed by atoms with Gasteiger partial charge in [-0.15, -0.1) is 5.10 Å². The number of hydrogen-bond acceptors (Lipinski definition) is 5. The molecule has 15 heavy (non-hydrogen) atoms. The highest BCUT2D eigenvalue weighted by atomic mass is 35.5. The summed E-state index contributed by atoms with van der Waals surface area (Å²) < 4.78 is 6.13. The first kappa shape index (κ1) is 9.85. The zero-order valence-corrected chi connectivity index (χ0v) is 8.60. The lowest BCUT2D eigenvalue weighted by Gasteiger charge is -1.93. The molecular weight excluding hydrogens is 220 g/mol. The highest BCUT2D eigenvalue weighted by Gasteiger charge is 2.15. The molecule has 0 atom stereocenters. The molecule has 0 bridgehead atoms. The van der Waals surface area contributed by atoms with Gasteiger partial charge in [0.25, 0.3) is 5.82 Å². The van der Waals surface area contributed by atoms with Gasteiger partial charge < -0.3 is 4.74 Å². The quantitative estimate of drug-likeness (QED) is 0.714. The van der Waals surface area contributed by atoms with Crippen LogP contribution < -0.4 is 0 Å². The van der Waals surface area contributed by atoms with Crippen molar-refractivity contribution >= 4 is 23.2 Å². The number of nitrogens with zero attached hydrogens (tertiary/aromatic N) is 4. The molecule has 0 saturated carbocycles. The molecule has 0 radical (unpaired) electrons. The number of hydrogen-bond donors (Lipinski definition) is 0. The van der Waals surface area contributed by atoms with Crippen LogP contribution >= 0.6 is 11.6 Å². The van der Waals surface area contributed by atoms with Gasteiger partial charge in [0.1, 0.15) is 0 Å². The van der Waals surface area contributed by atoms with Gasteiger partial charge in [-0.3, -0.25) is 0 Å². The number of fused-ring (bicyclic) bond motifs is 1. The van der Waals surface area contributed by atoms with Gasteiger partial charge in [0.05, 0.1) is 6.61 Å². The van der Waals surface area contributed by atoms with Crippen molar-refractivity contribution in [3.8, 4) is 0 Å². The minimum atomic E-state index is -0.572. The Morgan fingerprint density at radius 3 is 3.13 bits per heavy atom. The van der Waals surface area contributed by atoms with Crippen LogP contribution in [0.2, 0.25) is 5.15 Å². The van der Waals surface area contributed by atoms with Gasteiger partial charge in [-0.2, -0.15) is 4.98 Å². The average Bonchev–Trinajstić information content (AvgIpc) is 2.63. The number of halogens is 1. The number of carbonyl (C=O) groups is 1. The van der Waals surface area contributed by atoms with Crippen molar-refractivity contribution in [2.24, 2.45) is 0 Å². The molecule has 6 nitrogen and oxygen atoms in total. The van der Waals surface area contributed by atoms with E-state index in [-0.39, 0.29) is 17.6 Å². The fourth-order valence-electron chi connectivity index (χ4n) is 1.07. The molecule has 0 aromatic carbocycles. The summed E-state index contributed by atoms with van der Waals surface area (Å²) in [5.41, 5.74) is 0.335. The first-order valence-corrected chi connectivity index (χ1v) is 4.64. The summed E-state index contributed by atoms with van der Waals surface area (Å²) in [6.07, 6.45) is 3.02. The van der Waals surface area contributed by atoms with Gasteiger partial charge in [-0.05, 0) is 6.92 Å². The normalized spacial score (nSPS) is 10.5. The van der Waals surface area contributed by atoms with E-state index in [1.807, 2.05) is 0 Å². The van der Waals surface area contributed by atoms with E-state index in [1.54, 1.807) is 13.1 Å². The van der Waals surface area contributed by atoms with Gasteiger partial charge in [-0.1, -0.05) is 11.6 Å². The van der Waals surface area contributed by atoms with Crippen LogP contribution in [0.15, 0.2) is 12.4 Å². The molecule has 0 fully saturated rings. The number of aromatic nitrogens is 4. The highest BCUT2D eigenvalue weighted by molar-refractivity contribution is 6.32. The van der Waals surface area contributed by atoms with Crippen LogP contribution in [0.25, 0.3) is 5.65 Å². The van der Waals surface area contributed by atoms with Crippen molar-refractivity contribution in [1.29, 1.82) is 0 Å². The summed E-state index contributed by atoms with van der Waals surface area (Å²) in [6, 6.07) is 0. The van der Waals surface area contributed by atoms with E-state index in [0.29, 0.717) is 5.65 Å². The summed E-state index contributed by atoms with van der Waals surface area (Å²) in [5.74, 6) is -0.594. The topological polar surface area (TPSA) is 69.4 Å². The highest BCUT2D eigenvalue weighted by Crippen LogP contribution is 2.11. The van der Waals surface area contributed by atoms with E-state index in [2.05, 4.69) is 15.1 Å². The molecule has 2 heterocycles. The van der Waals surface area contributed by atoms with Gasteiger partial charge in [0.15, 0.2) is 10.8 Å². The van der Waals surface area contributed by atoms with Crippen molar-refractivity contribution in [3.05, 3.63) is 23.4 Å². The molecule has 0 amide bonds. The van der Waals surface area contributed by atoms with Crippen molar-refractivity contribution in [2.75, 3.05) is 6.61 Å². The van der Waals surface area contributed by atoms with Crippen LogP contribution in [0.1, 0.15) is 17.5 Å². The first-order chi connectivity index (χ1) is 7.22. The largest absolute Gasteiger partial charge is 0.460 e. The van der Waals surface area contributed by atoms with Crippen molar-refractivity contribution < 1.29 is 9.53 Å². The minimum Gasteiger partial charge on any atom is -0.460 e. The molecule has 0 unspecified atom stereocenters. The Hall–Kier alpha value is -1.69. The lowest BCUT2D eigenvalue weighted by Crippen LogP contribution is -2.06. The Morgan fingerprint density at radius 1 is 1.67 bits per heavy atom.